The summed E-state index contributed by atoms with van der Waals surface area (Å²) in [5, 5.41) is 7.68. The molecule has 10 rings (SSSR count). The van der Waals surface area contributed by atoms with Crippen molar-refractivity contribution < 1.29 is 0 Å². The van der Waals surface area contributed by atoms with E-state index in [1.54, 1.807) is 0 Å². The summed E-state index contributed by atoms with van der Waals surface area (Å²) in [6.45, 7) is 0. The first-order valence-corrected chi connectivity index (χ1v) is 18.2. The van der Waals surface area contributed by atoms with E-state index in [1.165, 1.54) is 84.7 Å². The first kappa shape index (κ1) is 28.3. The van der Waals surface area contributed by atoms with Crippen LogP contribution in [0.2, 0.25) is 0 Å². The van der Waals surface area contributed by atoms with E-state index in [-0.39, 0.29) is 0 Å². The van der Waals surface area contributed by atoms with Gasteiger partial charge in [0.2, 0.25) is 0 Å². The van der Waals surface area contributed by atoms with Crippen molar-refractivity contribution in [2.75, 3.05) is 4.90 Å². The van der Waals surface area contributed by atoms with E-state index >= 15 is 0 Å². The summed E-state index contributed by atoms with van der Waals surface area (Å²) in [4.78, 5) is 2.54. The Labute approximate surface area is 292 Å². The Bertz CT molecular complexity index is 2730. The second kappa shape index (κ2) is 11.5. The van der Waals surface area contributed by atoms with Crippen molar-refractivity contribution in [3.8, 4) is 22.3 Å². The van der Waals surface area contributed by atoms with Crippen molar-refractivity contribution in [3.63, 3.8) is 0 Å². The monoisotopic (exact) mass is 659 g/mol. The van der Waals surface area contributed by atoms with E-state index in [2.05, 4.69) is 181 Å². The van der Waals surface area contributed by atoms with Crippen LogP contribution in [-0.2, 0) is 0 Å². The van der Waals surface area contributed by atoms with Crippen LogP contribution in [0.15, 0.2) is 176 Å². The molecule has 3 heteroatoms. The quantitative estimate of drug-likeness (QED) is 0.178. The van der Waals surface area contributed by atoms with Gasteiger partial charge in [-0.1, -0.05) is 140 Å². The van der Waals surface area contributed by atoms with Gasteiger partial charge in [-0.3, -0.25) is 0 Å². The minimum absolute atomic E-state index is 1.16. The SMILES string of the molecule is c1ccc(-c2ccc(-c3ccc4ccccc4c3)cc2N(c2cccc3c2sc2ccccc23)c2cccc3c2sc2ccccc23)cc1. The number of hydrogen-bond acceptors (Lipinski definition) is 3. The van der Waals surface area contributed by atoms with Gasteiger partial charge < -0.3 is 4.90 Å². The van der Waals surface area contributed by atoms with Gasteiger partial charge in [0, 0.05) is 36.5 Å². The topological polar surface area (TPSA) is 3.24 Å². The molecule has 0 amide bonds. The molecular weight excluding hydrogens is 631 g/mol. The maximum Gasteiger partial charge on any atom is 0.0641 e. The molecule has 0 radical (unpaired) electrons. The minimum Gasteiger partial charge on any atom is -0.307 e. The van der Waals surface area contributed by atoms with Crippen LogP contribution in [0.25, 0.3) is 73.4 Å². The molecule has 8 aromatic carbocycles. The molecule has 49 heavy (non-hydrogen) atoms. The van der Waals surface area contributed by atoms with Gasteiger partial charge >= 0.3 is 0 Å². The molecule has 0 spiro atoms. The molecule has 0 saturated carbocycles. The fraction of sp³-hybridized carbons (Fsp3) is 0. The molecule has 0 aliphatic carbocycles. The Kier molecular flexibility index (Phi) is 6.61. The van der Waals surface area contributed by atoms with Crippen LogP contribution in [-0.4, -0.2) is 0 Å². The van der Waals surface area contributed by atoms with Gasteiger partial charge in [-0.15, -0.1) is 22.7 Å². The molecule has 0 atom stereocenters. The summed E-state index contributed by atoms with van der Waals surface area (Å²) in [6.07, 6.45) is 0. The highest BCUT2D eigenvalue weighted by molar-refractivity contribution is 7.27. The maximum absolute atomic E-state index is 2.54. The van der Waals surface area contributed by atoms with Gasteiger partial charge in [0.15, 0.2) is 0 Å². The molecule has 0 aliphatic heterocycles. The van der Waals surface area contributed by atoms with Gasteiger partial charge in [0.1, 0.15) is 0 Å². The van der Waals surface area contributed by atoms with Crippen LogP contribution in [0, 0.1) is 0 Å². The van der Waals surface area contributed by atoms with E-state index in [0.717, 1.165) is 5.69 Å². The summed E-state index contributed by atoms with van der Waals surface area (Å²) in [7, 11) is 0. The van der Waals surface area contributed by atoms with Crippen LogP contribution in [0.5, 0.6) is 0 Å². The number of hydrogen-bond donors (Lipinski definition) is 0. The van der Waals surface area contributed by atoms with Crippen LogP contribution >= 0.6 is 22.7 Å². The molecule has 0 saturated heterocycles. The largest absolute Gasteiger partial charge is 0.307 e. The van der Waals surface area contributed by atoms with Crippen LogP contribution < -0.4 is 4.90 Å². The molecule has 0 aliphatic rings. The van der Waals surface area contributed by atoms with Crippen molar-refractivity contribution in [1.29, 1.82) is 0 Å². The normalized spacial score (nSPS) is 11.7. The highest BCUT2D eigenvalue weighted by Gasteiger charge is 2.24. The fourth-order valence-corrected chi connectivity index (χ4v) is 9.75. The van der Waals surface area contributed by atoms with E-state index in [1.807, 2.05) is 22.7 Å². The molecule has 0 bridgehead atoms. The lowest BCUT2D eigenvalue weighted by molar-refractivity contribution is 1.32. The third-order valence-electron chi connectivity index (χ3n) is 9.66. The first-order chi connectivity index (χ1) is 24.3. The highest BCUT2D eigenvalue weighted by Crippen LogP contribution is 2.51. The van der Waals surface area contributed by atoms with E-state index in [4.69, 9.17) is 0 Å². The Morgan fingerprint density at radius 3 is 1.53 bits per heavy atom. The summed E-state index contributed by atoms with van der Waals surface area (Å²) >= 11 is 3.76. The highest BCUT2D eigenvalue weighted by atomic mass is 32.1. The van der Waals surface area contributed by atoms with Crippen molar-refractivity contribution in [2.45, 2.75) is 0 Å². The zero-order chi connectivity index (χ0) is 32.3. The summed E-state index contributed by atoms with van der Waals surface area (Å²) in [5.41, 5.74) is 8.33. The van der Waals surface area contributed by atoms with Crippen LogP contribution in [0.1, 0.15) is 0 Å². The second-order valence-electron chi connectivity index (χ2n) is 12.5. The summed E-state index contributed by atoms with van der Waals surface area (Å²) in [6, 6.07) is 64.5. The van der Waals surface area contributed by atoms with Gasteiger partial charge in [-0.05, 0) is 63.9 Å². The average molecular weight is 660 g/mol. The van der Waals surface area contributed by atoms with E-state index in [0.29, 0.717) is 0 Å². The standard InChI is InChI=1S/C46H29NS2/c1-2-13-31(14-3-1)35-27-26-34(33-25-24-30-12-4-5-15-32(30)28-33)29-42(35)47(40-20-10-18-38-36-16-6-8-22-43(36)48-45(38)40)41-21-11-19-39-37-17-7-9-23-44(37)49-46(39)41/h1-29H. The Morgan fingerprint density at radius 1 is 0.327 bits per heavy atom. The van der Waals surface area contributed by atoms with Crippen molar-refractivity contribution in [3.05, 3.63) is 176 Å². The Balaban J connectivity index is 1.32. The summed E-state index contributed by atoms with van der Waals surface area (Å²) in [5.74, 6) is 0. The molecule has 2 aromatic heterocycles. The predicted octanol–water partition coefficient (Wildman–Crippen LogP) is 14.4. The summed E-state index contributed by atoms with van der Waals surface area (Å²) < 4.78 is 5.19. The molecule has 230 valence electrons. The van der Waals surface area contributed by atoms with E-state index < -0.39 is 0 Å². The Hall–Kier alpha value is -5.74. The van der Waals surface area contributed by atoms with Gasteiger partial charge in [0.25, 0.3) is 0 Å². The lowest BCUT2D eigenvalue weighted by Crippen LogP contribution is -2.12. The van der Waals surface area contributed by atoms with Crippen molar-refractivity contribution in [2.24, 2.45) is 0 Å². The molecule has 10 aromatic rings. The van der Waals surface area contributed by atoms with Gasteiger partial charge in [-0.25, -0.2) is 0 Å². The molecule has 1 nitrogen and oxygen atoms in total. The number of anilines is 3. The van der Waals surface area contributed by atoms with Crippen molar-refractivity contribution >= 4 is 90.9 Å². The number of thiophene rings is 2. The Morgan fingerprint density at radius 2 is 0.857 bits per heavy atom. The van der Waals surface area contributed by atoms with Gasteiger partial charge in [-0.2, -0.15) is 0 Å². The minimum atomic E-state index is 1.16. The smallest absolute Gasteiger partial charge is 0.0641 e. The fourth-order valence-electron chi connectivity index (χ4n) is 7.33. The lowest BCUT2D eigenvalue weighted by Gasteiger charge is -2.29. The third-order valence-corrected chi connectivity index (χ3v) is 12.1. The first-order valence-electron chi connectivity index (χ1n) is 16.6. The zero-order valence-corrected chi connectivity index (χ0v) is 28.1. The third kappa shape index (κ3) is 4.66. The lowest BCUT2D eigenvalue weighted by atomic mass is 9.95. The predicted molar refractivity (Wildman–Crippen MR) is 215 cm³/mol. The van der Waals surface area contributed by atoms with Crippen LogP contribution in [0.3, 0.4) is 0 Å². The number of rotatable bonds is 5. The molecule has 0 N–H and O–H groups in total. The second-order valence-corrected chi connectivity index (χ2v) is 14.6. The molecule has 0 fully saturated rings. The van der Waals surface area contributed by atoms with Crippen LogP contribution in [0.4, 0.5) is 17.1 Å². The van der Waals surface area contributed by atoms with Gasteiger partial charge in [0.05, 0.1) is 26.5 Å². The molecule has 2 heterocycles. The zero-order valence-electron chi connectivity index (χ0n) is 26.5. The number of benzene rings is 8. The maximum atomic E-state index is 2.54. The molecular formula is C46H29NS2. The number of nitrogens with zero attached hydrogens (tertiary/aromatic N) is 1. The average Bonchev–Trinajstić information content (AvgIpc) is 3.75. The van der Waals surface area contributed by atoms with E-state index in [9.17, 15) is 0 Å². The van der Waals surface area contributed by atoms with Crippen molar-refractivity contribution in [1.82, 2.24) is 0 Å². The number of fused-ring (bicyclic) bond motifs is 7. The molecule has 0 unspecified atom stereocenters.